The molecule has 0 spiro atoms. The first kappa shape index (κ1) is 14.2. The molecule has 0 aromatic carbocycles. The summed E-state index contributed by atoms with van der Waals surface area (Å²) in [5.74, 6) is 0. The van der Waals surface area contributed by atoms with Gasteiger partial charge in [-0.3, -0.25) is 0 Å². The molecule has 3 nitrogen and oxygen atoms in total. The Hall–Kier alpha value is 0.162. The van der Waals surface area contributed by atoms with Crippen molar-refractivity contribution in [2.75, 3.05) is 6.61 Å². The van der Waals surface area contributed by atoms with Gasteiger partial charge in [-0.25, -0.2) is 0 Å². The van der Waals surface area contributed by atoms with Gasteiger partial charge in [0.15, 0.2) is 8.32 Å². The van der Waals surface area contributed by atoms with Crippen LogP contribution in [0.3, 0.4) is 0 Å². The summed E-state index contributed by atoms with van der Waals surface area (Å²) in [5, 5.41) is 0.220. The normalized spacial score (nSPS) is 32.0. The monoisotopic (exact) mass is 241 g/mol. The zero-order valence-corrected chi connectivity index (χ0v) is 12.1. The number of ether oxygens (including phenoxy) is 1. The molecular formula is C11H24BNO2Si. The molecule has 3 atom stereocenters. The molecule has 0 aliphatic carbocycles. The van der Waals surface area contributed by atoms with E-state index >= 15 is 0 Å². The molecule has 1 rings (SSSR count). The predicted octanol–water partition coefficient (Wildman–Crippen LogP) is 1.62. The van der Waals surface area contributed by atoms with Gasteiger partial charge in [-0.15, -0.1) is 0 Å². The van der Waals surface area contributed by atoms with E-state index < -0.39 is 8.32 Å². The number of hydrogen-bond acceptors (Lipinski definition) is 3. The van der Waals surface area contributed by atoms with Crippen LogP contribution in [-0.4, -0.2) is 40.9 Å². The van der Waals surface area contributed by atoms with E-state index in [9.17, 15) is 0 Å². The van der Waals surface area contributed by atoms with Gasteiger partial charge in [-0.05, 0) is 24.6 Å². The molecule has 1 unspecified atom stereocenters. The summed E-state index contributed by atoms with van der Waals surface area (Å²) in [6.07, 6.45) is 0.690. The molecule has 0 aromatic heterocycles. The Morgan fingerprint density at radius 2 is 2.00 bits per heavy atom. The molecule has 2 radical (unpaired) electrons. The SMILES string of the molecule is [B][C@H]1CC(N)[C@@H](CO[Si](C)(C)C(C)(C)C)O1. The van der Waals surface area contributed by atoms with Crippen LogP contribution in [-0.2, 0) is 9.16 Å². The average molecular weight is 241 g/mol. The molecule has 1 saturated heterocycles. The smallest absolute Gasteiger partial charge is 0.192 e. The van der Waals surface area contributed by atoms with Crippen molar-refractivity contribution in [2.24, 2.45) is 5.73 Å². The Morgan fingerprint density at radius 1 is 1.44 bits per heavy atom. The largest absolute Gasteiger partial charge is 0.414 e. The van der Waals surface area contributed by atoms with E-state index in [1.807, 2.05) is 0 Å². The maximum atomic E-state index is 6.07. The molecule has 1 aliphatic heterocycles. The lowest BCUT2D eigenvalue weighted by Crippen LogP contribution is -2.45. The van der Waals surface area contributed by atoms with E-state index in [0.29, 0.717) is 6.61 Å². The van der Waals surface area contributed by atoms with Gasteiger partial charge in [0.1, 0.15) is 7.85 Å². The highest BCUT2D eigenvalue weighted by Gasteiger charge is 2.39. The number of nitrogens with two attached hydrogens (primary N) is 1. The summed E-state index contributed by atoms with van der Waals surface area (Å²) < 4.78 is 11.6. The van der Waals surface area contributed by atoms with E-state index in [1.54, 1.807) is 0 Å². The Kier molecular flexibility index (Phi) is 4.27. The van der Waals surface area contributed by atoms with E-state index in [0.717, 1.165) is 6.42 Å². The molecule has 1 fully saturated rings. The lowest BCUT2D eigenvalue weighted by Gasteiger charge is -2.37. The third kappa shape index (κ3) is 3.33. The van der Waals surface area contributed by atoms with E-state index in [4.69, 9.17) is 22.7 Å². The first-order valence-corrected chi connectivity index (χ1v) is 8.85. The maximum Gasteiger partial charge on any atom is 0.192 e. The fraction of sp³-hybridized carbons (Fsp3) is 1.00. The number of rotatable bonds is 3. The number of hydrogen-bond donors (Lipinski definition) is 1. The van der Waals surface area contributed by atoms with Crippen LogP contribution in [0.15, 0.2) is 0 Å². The second-order valence-electron chi connectivity index (χ2n) is 6.18. The van der Waals surface area contributed by atoms with Crippen LogP contribution < -0.4 is 5.73 Å². The van der Waals surface area contributed by atoms with Crippen molar-refractivity contribution in [3.05, 3.63) is 0 Å². The highest BCUT2D eigenvalue weighted by Crippen LogP contribution is 2.37. The third-order valence-corrected chi connectivity index (χ3v) is 8.25. The molecule has 16 heavy (non-hydrogen) atoms. The lowest BCUT2D eigenvalue weighted by molar-refractivity contribution is 0.0415. The van der Waals surface area contributed by atoms with Crippen molar-refractivity contribution in [3.63, 3.8) is 0 Å². The van der Waals surface area contributed by atoms with Gasteiger partial charge in [0.2, 0.25) is 0 Å². The van der Waals surface area contributed by atoms with Crippen molar-refractivity contribution < 1.29 is 9.16 Å². The quantitative estimate of drug-likeness (QED) is 0.763. The second-order valence-corrected chi connectivity index (χ2v) is 11.0. The van der Waals surface area contributed by atoms with Gasteiger partial charge >= 0.3 is 0 Å². The van der Waals surface area contributed by atoms with Crippen LogP contribution in [0.25, 0.3) is 0 Å². The average Bonchev–Trinajstić information content (AvgIpc) is 2.39. The molecule has 0 bridgehead atoms. The van der Waals surface area contributed by atoms with Crippen LogP contribution in [0, 0.1) is 0 Å². The van der Waals surface area contributed by atoms with Gasteiger partial charge in [-0.2, -0.15) is 0 Å². The van der Waals surface area contributed by atoms with Crippen molar-refractivity contribution in [3.8, 4) is 0 Å². The van der Waals surface area contributed by atoms with Gasteiger partial charge < -0.3 is 14.9 Å². The summed E-state index contributed by atoms with van der Waals surface area (Å²) in [6, 6.07) is -0.206. The van der Waals surface area contributed by atoms with Crippen LogP contribution in [0.2, 0.25) is 18.1 Å². The zero-order chi connectivity index (χ0) is 12.6. The van der Waals surface area contributed by atoms with Gasteiger partial charge in [0, 0.05) is 12.0 Å². The Morgan fingerprint density at radius 3 is 2.38 bits per heavy atom. The summed E-state index contributed by atoms with van der Waals surface area (Å²) in [7, 11) is 3.99. The topological polar surface area (TPSA) is 44.5 Å². The minimum absolute atomic E-state index is 0.0137. The molecular weight excluding hydrogens is 217 g/mol. The van der Waals surface area contributed by atoms with Crippen LogP contribution >= 0.6 is 0 Å². The molecule has 0 saturated carbocycles. The van der Waals surface area contributed by atoms with Gasteiger partial charge in [-0.1, -0.05) is 20.8 Å². The predicted molar refractivity (Wildman–Crippen MR) is 70.2 cm³/mol. The molecule has 1 aliphatic rings. The van der Waals surface area contributed by atoms with Crippen molar-refractivity contribution in [1.29, 1.82) is 0 Å². The van der Waals surface area contributed by atoms with Gasteiger partial charge in [0.05, 0.1) is 12.7 Å². The highest BCUT2D eigenvalue weighted by atomic mass is 28.4. The van der Waals surface area contributed by atoms with Crippen LogP contribution in [0.1, 0.15) is 27.2 Å². The Balaban J connectivity index is 2.46. The first-order chi connectivity index (χ1) is 7.13. The van der Waals surface area contributed by atoms with E-state index in [-0.39, 0.29) is 23.2 Å². The lowest BCUT2D eigenvalue weighted by atomic mass is 9.95. The Bertz CT molecular complexity index is 243. The highest BCUT2D eigenvalue weighted by molar-refractivity contribution is 6.74. The van der Waals surface area contributed by atoms with E-state index in [1.165, 1.54) is 0 Å². The third-order valence-electron chi connectivity index (χ3n) is 3.75. The summed E-state index contributed by atoms with van der Waals surface area (Å²) in [4.78, 5) is 0. The van der Waals surface area contributed by atoms with Crippen molar-refractivity contribution in [2.45, 2.75) is 63.5 Å². The molecule has 2 N–H and O–H groups in total. The minimum Gasteiger partial charge on any atom is -0.414 e. The van der Waals surface area contributed by atoms with Crippen molar-refractivity contribution >= 4 is 16.2 Å². The second kappa shape index (κ2) is 4.80. The summed E-state index contributed by atoms with van der Waals surface area (Å²) in [6.45, 7) is 11.7. The van der Waals surface area contributed by atoms with Crippen molar-refractivity contribution in [1.82, 2.24) is 0 Å². The molecule has 0 aromatic rings. The summed E-state index contributed by atoms with van der Waals surface area (Å²) >= 11 is 0. The fourth-order valence-electron chi connectivity index (χ4n) is 1.47. The van der Waals surface area contributed by atoms with Crippen LogP contribution in [0.4, 0.5) is 0 Å². The minimum atomic E-state index is -1.70. The molecule has 92 valence electrons. The molecule has 1 heterocycles. The molecule has 0 amide bonds. The Labute approximate surface area is 102 Å². The summed E-state index contributed by atoms with van der Waals surface area (Å²) in [5.41, 5.74) is 5.94. The zero-order valence-electron chi connectivity index (χ0n) is 11.1. The fourth-order valence-corrected chi connectivity index (χ4v) is 2.48. The van der Waals surface area contributed by atoms with E-state index in [2.05, 4.69) is 33.9 Å². The van der Waals surface area contributed by atoms with Crippen LogP contribution in [0.5, 0.6) is 0 Å². The van der Waals surface area contributed by atoms with Gasteiger partial charge in [0.25, 0.3) is 0 Å². The maximum absolute atomic E-state index is 6.07. The first-order valence-electron chi connectivity index (χ1n) is 5.94. The standard InChI is InChI=1S/C11H24BNO2Si/c1-11(2,3)16(4,5)14-7-9-8(13)6-10(12)15-9/h8-10H,6-7,13H2,1-5H3/t8?,9-,10-/m1/s1. The molecule has 5 heteroatoms.